The second-order valence-corrected chi connectivity index (χ2v) is 24.6. The highest BCUT2D eigenvalue weighted by Crippen LogP contribution is 2.54. The number of hydrogen-bond donors (Lipinski definition) is 7. The van der Waals surface area contributed by atoms with E-state index in [4.69, 9.17) is 58.8 Å². The van der Waals surface area contributed by atoms with Crippen molar-refractivity contribution in [2.24, 2.45) is 29.2 Å². The van der Waals surface area contributed by atoms with Crippen LogP contribution in [0.3, 0.4) is 0 Å². The van der Waals surface area contributed by atoms with Crippen molar-refractivity contribution < 1.29 is 76.4 Å². The van der Waals surface area contributed by atoms with E-state index >= 15 is 0 Å². The number of aliphatic hydroxyl groups excluding tert-OH is 1. The molecule has 21 atom stereocenters. The highest BCUT2D eigenvalue weighted by Gasteiger charge is 2.69. The Morgan fingerprint density at radius 1 is 0.802 bits per heavy atom. The van der Waals surface area contributed by atoms with Gasteiger partial charge in [-0.1, -0.05) is 46.1 Å². The van der Waals surface area contributed by atoms with Crippen LogP contribution in [0.5, 0.6) is 0 Å². The van der Waals surface area contributed by atoms with Crippen LogP contribution in [-0.4, -0.2) is 171 Å². The zero-order chi connectivity index (χ0) is 57.3. The molecule has 12 bridgehead atoms. The van der Waals surface area contributed by atoms with Crippen molar-refractivity contribution in [3.8, 4) is 0 Å². The molecule has 9 N–H and O–H groups in total. The number of primary amides is 1. The van der Waals surface area contributed by atoms with Crippen molar-refractivity contribution in [1.82, 2.24) is 16.0 Å². The van der Waals surface area contributed by atoms with Gasteiger partial charge in [-0.2, -0.15) is 0 Å². The van der Waals surface area contributed by atoms with E-state index in [1.165, 1.54) is 0 Å². The molecule has 448 valence electrons. The van der Waals surface area contributed by atoms with E-state index in [1.807, 2.05) is 0 Å². The molecule has 1 spiro atoms. The first kappa shape index (κ1) is 59.6. The Bertz CT molecular complexity index is 2450. The zero-order valence-electron chi connectivity index (χ0n) is 47.3. The van der Waals surface area contributed by atoms with Crippen molar-refractivity contribution in [2.75, 3.05) is 25.5 Å². The number of amides is 5. The number of carbonyl (C=O) groups is 5. The number of aliphatic hydroxyl groups is 1. The van der Waals surface area contributed by atoms with Crippen LogP contribution in [0.4, 0.5) is 15.3 Å². The van der Waals surface area contributed by atoms with Gasteiger partial charge in [0.1, 0.15) is 49.0 Å². The number of nitrogens with one attached hydrogen (secondary N) is 4. The van der Waals surface area contributed by atoms with Crippen LogP contribution in [0.1, 0.15) is 123 Å². The van der Waals surface area contributed by atoms with Gasteiger partial charge >= 0.3 is 12.1 Å². The molecule has 10 fully saturated rings. The molecule has 81 heavy (non-hydrogen) atoms. The Kier molecular flexibility index (Phi) is 18.9. The molecule has 0 aliphatic carbocycles. The lowest BCUT2D eigenvalue weighted by atomic mass is 9.81. The summed E-state index contributed by atoms with van der Waals surface area (Å²) in [4.78, 5) is 64.7. The largest absolute Gasteiger partial charge is 0.445 e. The van der Waals surface area contributed by atoms with Crippen molar-refractivity contribution in [1.29, 1.82) is 0 Å². The normalized spacial score (nSPS) is 38.3. The standard InChI is InChI=1S/C59H86N6O16/c1-29(2)48(60)56(69)65-41(8-7-19-62-57(61)70)55(68)64-34-11-9-33(10-12-34)28-73-58(71)63-27-36(67)24-46-49(72-6)40-23-35(66)22-38-14-16-43-50(76-38)54-53-52(78-43)51-47(79-53)26-59(80-51,81-54)18-17-39-21-31(4)42(74-39)15-13-37-20-30(3)32(5)44(75-37)25-45(40)77-46/h9-12,29-30,36-54,67H,4-5,7-8,13-28,60H2,1-3,6H3,(H,63,71)(H,64,68)(H,65,69)(H3,61,62,70)/t30-,36+,37+,38-,39+,40+,41+,42+,43+,44-,45+,46-,47-,48+,49-,50+,51+,52+,53+,54+,59+/m1/s1. The molecule has 22 heteroatoms. The first-order valence-electron chi connectivity index (χ1n) is 29.6. The maximum absolute atomic E-state index is 14.5. The lowest BCUT2D eigenvalue weighted by Gasteiger charge is -2.47. The topological polar surface area (TPSA) is 298 Å². The molecule has 11 rings (SSSR count). The van der Waals surface area contributed by atoms with E-state index in [1.54, 1.807) is 45.2 Å². The summed E-state index contributed by atoms with van der Waals surface area (Å²) in [5.41, 5.74) is 14.3. The molecular weight excluding hydrogens is 1050 g/mol. The Labute approximate surface area is 474 Å². The molecule has 1 aromatic carbocycles. The number of carbonyl (C=O) groups excluding carboxylic acids is 5. The van der Waals surface area contributed by atoms with Gasteiger partial charge in [-0.15, -0.1) is 0 Å². The third kappa shape index (κ3) is 13.8. The average molecular weight is 1140 g/mol. The number of rotatable bonds is 16. The van der Waals surface area contributed by atoms with E-state index in [0.29, 0.717) is 49.8 Å². The van der Waals surface area contributed by atoms with E-state index < -0.39 is 84.4 Å². The van der Waals surface area contributed by atoms with Crippen LogP contribution < -0.4 is 32.7 Å². The second-order valence-electron chi connectivity index (χ2n) is 24.6. The lowest BCUT2D eigenvalue weighted by Crippen LogP contribution is -2.61. The Morgan fingerprint density at radius 2 is 1.53 bits per heavy atom. The number of alkyl carbamates (subject to hydrolysis) is 1. The number of fused-ring (bicyclic) bond motifs is 6. The minimum absolute atomic E-state index is 0.0112. The van der Waals surface area contributed by atoms with E-state index in [9.17, 15) is 29.1 Å². The maximum atomic E-state index is 14.5. The van der Waals surface area contributed by atoms with Crippen molar-refractivity contribution in [3.63, 3.8) is 0 Å². The van der Waals surface area contributed by atoms with Gasteiger partial charge in [-0.05, 0) is 98.5 Å². The number of Topliss-reactive ketones (excluding diaryl/α,β-unsaturated/α-hetero) is 1. The molecule has 10 aliphatic heterocycles. The van der Waals surface area contributed by atoms with Crippen LogP contribution in [0.25, 0.3) is 0 Å². The fourth-order valence-corrected chi connectivity index (χ4v) is 13.9. The lowest BCUT2D eigenvalue weighted by molar-refractivity contribution is -0.292. The SMILES string of the molecule is C=C1C[C@@H]2CC[C@@]34C[C@H]5O[C@@H]6[C@@H](O3)[C@H]3O[C@H](CC[C@@H]3O[C@H]6[C@H]5O4)CC(=O)C[C@@H]3[C@@H](OC)[C@@H](C[C@H](O)CNC(=O)OCc4ccc(NC(=O)[C@H](CCCNC(N)=O)NC(=O)[C@@H](N)C(C)C)cc4)O[C@H]3C[C@H]3O[C@@H](CC[C@@H]1O2)C[C@@H](C)C3=C. The molecular formula is C59H86N6O16. The van der Waals surface area contributed by atoms with Gasteiger partial charge in [0.2, 0.25) is 11.8 Å². The summed E-state index contributed by atoms with van der Waals surface area (Å²) in [7, 11) is 1.59. The monoisotopic (exact) mass is 1130 g/mol. The molecule has 10 heterocycles. The predicted molar refractivity (Wildman–Crippen MR) is 292 cm³/mol. The molecule has 10 saturated heterocycles. The molecule has 10 aliphatic rings. The predicted octanol–water partition coefficient (Wildman–Crippen LogP) is 4.26. The second kappa shape index (κ2) is 25.7. The summed E-state index contributed by atoms with van der Waals surface area (Å²) in [5, 5.41) is 22.1. The molecule has 22 nitrogen and oxygen atoms in total. The summed E-state index contributed by atoms with van der Waals surface area (Å²) in [6, 6.07) is 4.17. The highest BCUT2D eigenvalue weighted by atomic mass is 16.8. The van der Waals surface area contributed by atoms with Gasteiger partial charge in [0, 0.05) is 70.3 Å². The zero-order valence-corrected chi connectivity index (χ0v) is 47.3. The average Bonchev–Trinajstić information content (AvgIpc) is 4.06. The van der Waals surface area contributed by atoms with Crippen molar-refractivity contribution >= 4 is 35.4 Å². The number of nitrogens with two attached hydrogens (primary N) is 2. The van der Waals surface area contributed by atoms with Gasteiger partial charge in [-0.3, -0.25) is 14.4 Å². The number of urea groups is 1. The quantitative estimate of drug-likeness (QED) is 0.0899. The van der Waals surface area contributed by atoms with Gasteiger partial charge in [0.05, 0.1) is 73.2 Å². The smallest absolute Gasteiger partial charge is 0.407 e. The van der Waals surface area contributed by atoms with Crippen LogP contribution in [0.2, 0.25) is 0 Å². The Morgan fingerprint density at radius 3 is 2.30 bits per heavy atom. The minimum atomic E-state index is -1.07. The fraction of sp³-hybridized carbons (Fsp3) is 0.746. The van der Waals surface area contributed by atoms with Crippen molar-refractivity contribution in [2.45, 2.75) is 239 Å². The van der Waals surface area contributed by atoms with Crippen molar-refractivity contribution in [3.05, 3.63) is 54.1 Å². The summed E-state index contributed by atoms with van der Waals surface area (Å²) < 4.78 is 66.2. The van der Waals surface area contributed by atoms with Crippen LogP contribution in [0, 0.1) is 17.8 Å². The van der Waals surface area contributed by atoms with E-state index in [2.05, 4.69) is 41.3 Å². The van der Waals surface area contributed by atoms with E-state index in [-0.39, 0.29) is 124 Å². The summed E-state index contributed by atoms with van der Waals surface area (Å²) in [6.07, 6.45) is 1.63. The van der Waals surface area contributed by atoms with Crippen LogP contribution in [-0.2, 0) is 68.4 Å². The molecule has 1 aromatic rings. The summed E-state index contributed by atoms with van der Waals surface area (Å²) >= 11 is 0. The minimum Gasteiger partial charge on any atom is -0.445 e. The summed E-state index contributed by atoms with van der Waals surface area (Å²) in [5.74, 6) is -2.16. The third-order valence-corrected chi connectivity index (χ3v) is 18.4. The highest BCUT2D eigenvalue weighted by molar-refractivity contribution is 5.97. The number of ether oxygens (including phenoxy) is 10. The summed E-state index contributed by atoms with van der Waals surface area (Å²) in [6.45, 7) is 14.7. The number of hydrogen-bond acceptors (Lipinski definition) is 17. The van der Waals surface area contributed by atoms with Gasteiger partial charge in [-0.25, -0.2) is 9.59 Å². The third-order valence-electron chi connectivity index (χ3n) is 18.4. The van der Waals surface area contributed by atoms with Gasteiger partial charge in [0.15, 0.2) is 5.79 Å². The first-order chi connectivity index (χ1) is 38.8. The molecule has 0 unspecified atom stereocenters. The number of benzene rings is 1. The first-order valence-corrected chi connectivity index (χ1v) is 29.6. The molecule has 0 aromatic heterocycles. The van der Waals surface area contributed by atoms with Gasteiger partial charge in [0.25, 0.3) is 0 Å². The maximum Gasteiger partial charge on any atom is 0.407 e. The Hall–Kier alpha value is -4.59. The number of methoxy groups -OCH3 is 1. The van der Waals surface area contributed by atoms with Crippen LogP contribution in [0.15, 0.2) is 48.6 Å². The molecule has 0 radical (unpaired) electrons. The van der Waals surface area contributed by atoms with Crippen LogP contribution >= 0.6 is 0 Å². The van der Waals surface area contributed by atoms with Gasteiger partial charge < -0.3 is 85.2 Å². The fourth-order valence-electron chi connectivity index (χ4n) is 13.9. The molecule has 0 saturated carbocycles. The Balaban J connectivity index is 0.762. The van der Waals surface area contributed by atoms with E-state index in [0.717, 1.165) is 43.3 Å². The number of ketones is 1. The number of anilines is 1. The molecule has 5 amide bonds.